The minimum absolute atomic E-state index is 0.179. The number of hydrogen-bond acceptors (Lipinski definition) is 4. The van der Waals surface area contributed by atoms with E-state index in [9.17, 15) is 0 Å². The molecule has 0 bridgehead atoms. The maximum Gasteiger partial charge on any atom is 0.110 e. The Kier molecular flexibility index (Phi) is 2.30. The molecule has 1 unspecified atom stereocenters. The predicted octanol–water partition coefficient (Wildman–Crippen LogP) is -0.531. The first-order valence-corrected chi connectivity index (χ1v) is 3.00. The van der Waals surface area contributed by atoms with Gasteiger partial charge in [-0.05, 0) is 12.1 Å². The van der Waals surface area contributed by atoms with Gasteiger partial charge < -0.3 is 10.8 Å². The molecule has 0 saturated heterocycles. The van der Waals surface area contributed by atoms with Crippen LogP contribution in [0.15, 0.2) is 18.3 Å². The molecule has 0 amide bonds. The summed E-state index contributed by atoms with van der Waals surface area (Å²) in [5.74, 6) is 0. The molecule has 1 heterocycles. The average Bonchev–Trinajstić information content (AvgIpc) is 2.05. The molecule has 10 heavy (non-hydrogen) atoms. The standard InChI is InChI=1S/C6H9N3O/c7-4-6(10)5-2-1-3-8-9-5/h1-3,6,10H,4,7H2. The molecule has 0 aliphatic carbocycles. The number of nitrogens with two attached hydrogens (primary N) is 1. The summed E-state index contributed by atoms with van der Waals surface area (Å²) in [6.07, 6.45) is 0.862. The van der Waals surface area contributed by atoms with E-state index < -0.39 is 6.10 Å². The van der Waals surface area contributed by atoms with Crippen molar-refractivity contribution in [1.29, 1.82) is 0 Å². The third-order valence-electron chi connectivity index (χ3n) is 1.16. The van der Waals surface area contributed by atoms with E-state index in [-0.39, 0.29) is 6.54 Å². The van der Waals surface area contributed by atoms with Crippen LogP contribution in [0.2, 0.25) is 0 Å². The fourth-order valence-electron chi connectivity index (χ4n) is 0.612. The molecule has 0 aromatic carbocycles. The molecule has 0 fully saturated rings. The Morgan fingerprint density at radius 2 is 2.50 bits per heavy atom. The first kappa shape index (κ1) is 7.11. The van der Waals surface area contributed by atoms with Crippen molar-refractivity contribution in [3.8, 4) is 0 Å². The quantitative estimate of drug-likeness (QED) is 0.577. The molecule has 1 atom stereocenters. The molecule has 4 nitrogen and oxygen atoms in total. The summed E-state index contributed by atoms with van der Waals surface area (Å²) >= 11 is 0. The molecular weight excluding hydrogens is 130 g/mol. The van der Waals surface area contributed by atoms with Crippen molar-refractivity contribution in [2.75, 3.05) is 6.54 Å². The van der Waals surface area contributed by atoms with Gasteiger partial charge in [0.15, 0.2) is 0 Å². The third-order valence-corrected chi connectivity index (χ3v) is 1.16. The summed E-state index contributed by atoms with van der Waals surface area (Å²) in [6.45, 7) is 0.179. The number of hydrogen-bond donors (Lipinski definition) is 2. The van der Waals surface area contributed by atoms with E-state index in [0.29, 0.717) is 5.69 Å². The Morgan fingerprint density at radius 1 is 1.70 bits per heavy atom. The minimum Gasteiger partial charge on any atom is -0.385 e. The van der Waals surface area contributed by atoms with Gasteiger partial charge in [0, 0.05) is 12.7 Å². The largest absolute Gasteiger partial charge is 0.385 e. The molecule has 0 aliphatic heterocycles. The summed E-state index contributed by atoms with van der Waals surface area (Å²) in [5, 5.41) is 16.4. The van der Waals surface area contributed by atoms with Crippen LogP contribution in [0.5, 0.6) is 0 Å². The maximum absolute atomic E-state index is 9.10. The van der Waals surface area contributed by atoms with Crippen LogP contribution in [0.1, 0.15) is 11.8 Å². The van der Waals surface area contributed by atoms with Crippen molar-refractivity contribution in [3.05, 3.63) is 24.0 Å². The summed E-state index contributed by atoms with van der Waals surface area (Å²) in [5.41, 5.74) is 5.70. The van der Waals surface area contributed by atoms with Crippen molar-refractivity contribution < 1.29 is 5.11 Å². The lowest BCUT2D eigenvalue weighted by Gasteiger charge is -2.03. The number of aromatic nitrogens is 2. The van der Waals surface area contributed by atoms with Crippen molar-refractivity contribution >= 4 is 0 Å². The van der Waals surface area contributed by atoms with Crippen LogP contribution < -0.4 is 5.73 Å². The Labute approximate surface area is 58.7 Å². The Bertz CT molecular complexity index is 189. The van der Waals surface area contributed by atoms with Gasteiger partial charge in [0.1, 0.15) is 6.10 Å². The van der Waals surface area contributed by atoms with E-state index in [1.807, 2.05) is 0 Å². The van der Waals surface area contributed by atoms with Gasteiger partial charge in [-0.15, -0.1) is 0 Å². The van der Waals surface area contributed by atoms with Crippen molar-refractivity contribution in [1.82, 2.24) is 10.2 Å². The van der Waals surface area contributed by atoms with Gasteiger partial charge in [-0.3, -0.25) is 0 Å². The molecule has 0 saturated carbocycles. The van der Waals surface area contributed by atoms with Crippen molar-refractivity contribution in [2.24, 2.45) is 5.73 Å². The lowest BCUT2D eigenvalue weighted by atomic mass is 10.2. The minimum atomic E-state index is -0.686. The van der Waals surface area contributed by atoms with Crippen molar-refractivity contribution in [2.45, 2.75) is 6.10 Å². The fraction of sp³-hybridized carbons (Fsp3) is 0.333. The molecule has 1 aromatic heterocycles. The summed E-state index contributed by atoms with van der Waals surface area (Å²) in [6, 6.07) is 3.39. The Balaban J connectivity index is 2.75. The summed E-state index contributed by atoms with van der Waals surface area (Å²) in [4.78, 5) is 0. The van der Waals surface area contributed by atoms with Gasteiger partial charge in [0.05, 0.1) is 5.69 Å². The Hall–Kier alpha value is -1.00. The van der Waals surface area contributed by atoms with Gasteiger partial charge in [-0.2, -0.15) is 10.2 Å². The van der Waals surface area contributed by atoms with Gasteiger partial charge in [-0.1, -0.05) is 0 Å². The molecular formula is C6H9N3O. The molecule has 3 N–H and O–H groups in total. The van der Waals surface area contributed by atoms with Crippen LogP contribution in [0, 0.1) is 0 Å². The number of aliphatic hydroxyl groups excluding tert-OH is 1. The van der Waals surface area contributed by atoms with Crippen LogP contribution >= 0.6 is 0 Å². The second-order valence-corrected chi connectivity index (χ2v) is 1.90. The number of aliphatic hydroxyl groups is 1. The molecule has 0 aliphatic rings. The molecule has 54 valence electrons. The van der Waals surface area contributed by atoms with Crippen LogP contribution in [-0.4, -0.2) is 21.8 Å². The van der Waals surface area contributed by atoms with Crippen LogP contribution in [0.3, 0.4) is 0 Å². The van der Waals surface area contributed by atoms with E-state index in [0.717, 1.165) is 0 Å². The fourth-order valence-corrected chi connectivity index (χ4v) is 0.612. The lowest BCUT2D eigenvalue weighted by molar-refractivity contribution is 0.180. The third kappa shape index (κ3) is 1.49. The SMILES string of the molecule is NCC(O)c1cccnn1. The van der Waals surface area contributed by atoms with Gasteiger partial charge >= 0.3 is 0 Å². The van der Waals surface area contributed by atoms with E-state index in [1.165, 1.54) is 0 Å². The van der Waals surface area contributed by atoms with Gasteiger partial charge in [0.2, 0.25) is 0 Å². The van der Waals surface area contributed by atoms with E-state index >= 15 is 0 Å². The smallest absolute Gasteiger partial charge is 0.110 e. The highest BCUT2D eigenvalue weighted by atomic mass is 16.3. The van der Waals surface area contributed by atoms with Crippen LogP contribution in [-0.2, 0) is 0 Å². The second-order valence-electron chi connectivity index (χ2n) is 1.90. The zero-order chi connectivity index (χ0) is 7.40. The molecule has 4 heteroatoms. The zero-order valence-electron chi connectivity index (χ0n) is 5.44. The van der Waals surface area contributed by atoms with Gasteiger partial charge in [0.25, 0.3) is 0 Å². The number of nitrogens with zero attached hydrogens (tertiary/aromatic N) is 2. The summed E-state index contributed by atoms with van der Waals surface area (Å²) in [7, 11) is 0. The van der Waals surface area contributed by atoms with Gasteiger partial charge in [-0.25, -0.2) is 0 Å². The summed E-state index contributed by atoms with van der Waals surface area (Å²) < 4.78 is 0. The molecule has 0 spiro atoms. The molecule has 0 radical (unpaired) electrons. The first-order chi connectivity index (χ1) is 4.84. The highest BCUT2D eigenvalue weighted by Crippen LogP contribution is 2.03. The first-order valence-electron chi connectivity index (χ1n) is 3.00. The zero-order valence-corrected chi connectivity index (χ0v) is 5.44. The normalized spacial score (nSPS) is 13.0. The maximum atomic E-state index is 9.10. The highest BCUT2D eigenvalue weighted by Gasteiger charge is 2.04. The molecule has 1 rings (SSSR count). The average molecular weight is 139 g/mol. The lowest BCUT2D eigenvalue weighted by Crippen LogP contribution is -2.13. The predicted molar refractivity (Wildman–Crippen MR) is 36.0 cm³/mol. The van der Waals surface area contributed by atoms with E-state index in [2.05, 4.69) is 10.2 Å². The van der Waals surface area contributed by atoms with E-state index in [1.54, 1.807) is 18.3 Å². The topological polar surface area (TPSA) is 72.0 Å². The second kappa shape index (κ2) is 3.24. The molecule has 1 aromatic rings. The Morgan fingerprint density at radius 3 is 3.00 bits per heavy atom. The number of rotatable bonds is 2. The highest BCUT2D eigenvalue weighted by molar-refractivity contribution is 5.02. The van der Waals surface area contributed by atoms with E-state index in [4.69, 9.17) is 10.8 Å². The van der Waals surface area contributed by atoms with Crippen LogP contribution in [0.4, 0.5) is 0 Å². The van der Waals surface area contributed by atoms with Crippen LogP contribution in [0.25, 0.3) is 0 Å². The monoisotopic (exact) mass is 139 g/mol. The van der Waals surface area contributed by atoms with Crippen molar-refractivity contribution in [3.63, 3.8) is 0 Å².